The van der Waals surface area contributed by atoms with Crippen LogP contribution < -0.4 is 10.6 Å². The zero-order valence-corrected chi connectivity index (χ0v) is 9.77. The molecule has 1 fully saturated rings. The molecule has 0 saturated heterocycles. The Kier molecular flexibility index (Phi) is 2.70. The summed E-state index contributed by atoms with van der Waals surface area (Å²) in [6, 6.07) is 9.19. The number of rotatable bonds is 3. The molecule has 0 amide bonds. The lowest BCUT2D eigenvalue weighted by molar-refractivity contribution is 0.631. The molecule has 2 N–H and O–H groups in total. The highest BCUT2D eigenvalue weighted by atomic mass is 15.1. The average Bonchev–Trinajstić information content (AvgIpc) is 2.97. The van der Waals surface area contributed by atoms with E-state index in [0.29, 0.717) is 17.9 Å². The summed E-state index contributed by atoms with van der Waals surface area (Å²) in [5, 5.41) is 0. The second kappa shape index (κ2) is 3.86. The number of benzene rings is 1. The fourth-order valence-corrected chi connectivity index (χ4v) is 2.20. The van der Waals surface area contributed by atoms with Crippen molar-refractivity contribution in [3.8, 4) is 0 Å². The summed E-state index contributed by atoms with van der Waals surface area (Å²) in [6.45, 7) is 2.11. The van der Waals surface area contributed by atoms with Crippen LogP contribution in [-0.4, -0.2) is 20.1 Å². The van der Waals surface area contributed by atoms with Crippen molar-refractivity contribution in [2.45, 2.75) is 25.3 Å². The first-order valence-electron chi connectivity index (χ1n) is 5.62. The first-order valence-corrected chi connectivity index (χ1v) is 5.62. The Bertz CT molecular complexity index is 327. The highest BCUT2D eigenvalue weighted by Crippen LogP contribution is 2.49. The van der Waals surface area contributed by atoms with E-state index < -0.39 is 0 Å². The molecule has 1 aromatic carbocycles. The maximum Gasteiger partial charge on any atom is 0.0361 e. The fraction of sp³-hybridized carbons (Fsp3) is 0.538. The number of anilines is 1. The van der Waals surface area contributed by atoms with Crippen molar-refractivity contribution < 1.29 is 0 Å². The number of nitrogens with two attached hydrogens (primary N) is 1. The van der Waals surface area contributed by atoms with E-state index in [1.54, 1.807) is 0 Å². The van der Waals surface area contributed by atoms with Crippen molar-refractivity contribution >= 4 is 5.69 Å². The smallest absolute Gasteiger partial charge is 0.0361 e. The SMILES string of the molecule is C[C@H](N)[C@H]1C[C@@H]1c1ccc(N(C)C)cc1. The molecule has 15 heavy (non-hydrogen) atoms. The minimum atomic E-state index is 0.337. The third-order valence-corrected chi connectivity index (χ3v) is 3.35. The Balaban J connectivity index is 2.06. The summed E-state index contributed by atoms with van der Waals surface area (Å²) in [5.74, 6) is 1.41. The fourth-order valence-electron chi connectivity index (χ4n) is 2.20. The van der Waals surface area contributed by atoms with Crippen LogP contribution in [-0.2, 0) is 0 Å². The normalized spacial score (nSPS) is 26.1. The first-order chi connectivity index (χ1) is 7.09. The van der Waals surface area contributed by atoms with E-state index in [4.69, 9.17) is 5.73 Å². The van der Waals surface area contributed by atoms with Gasteiger partial charge in [0.15, 0.2) is 0 Å². The molecule has 2 heteroatoms. The predicted octanol–water partition coefficient (Wildman–Crippen LogP) is 2.20. The Labute approximate surface area is 92.1 Å². The Morgan fingerprint density at radius 2 is 1.87 bits per heavy atom. The van der Waals surface area contributed by atoms with Crippen molar-refractivity contribution in [1.29, 1.82) is 0 Å². The van der Waals surface area contributed by atoms with E-state index in [1.165, 1.54) is 17.7 Å². The van der Waals surface area contributed by atoms with Crippen LogP contribution in [0.15, 0.2) is 24.3 Å². The van der Waals surface area contributed by atoms with Crippen molar-refractivity contribution in [3.05, 3.63) is 29.8 Å². The van der Waals surface area contributed by atoms with Gasteiger partial charge in [0.25, 0.3) is 0 Å². The van der Waals surface area contributed by atoms with Gasteiger partial charge in [0.05, 0.1) is 0 Å². The highest BCUT2D eigenvalue weighted by Gasteiger charge is 2.40. The van der Waals surface area contributed by atoms with Gasteiger partial charge < -0.3 is 10.6 Å². The van der Waals surface area contributed by atoms with Gasteiger partial charge in [0.1, 0.15) is 0 Å². The number of hydrogen-bond donors (Lipinski definition) is 1. The Morgan fingerprint density at radius 3 is 2.27 bits per heavy atom. The summed E-state index contributed by atoms with van der Waals surface area (Å²) >= 11 is 0. The van der Waals surface area contributed by atoms with Gasteiger partial charge in [-0.05, 0) is 42.9 Å². The molecule has 0 radical (unpaired) electrons. The molecule has 1 saturated carbocycles. The van der Waals surface area contributed by atoms with E-state index >= 15 is 0 Å². The molecule has 1 aromatic rings. The summed E-state index contributed by atoms with van der Waals surface area (Å²) in [5.41, 5.74) is 8.60. The summed E-state index contributed by atoms with van der Waals surface area (Å²) < 4.78 is 0. The average molecular weight is 204 g/mol. The van der Waals surface area contributed by atoms with Gasteiger partial charge in [0, 0.05) is 25.8 Å². The van der Waals surface area contributed by atoms with E-state index in [1.807, 2.05) is 0 Å². The van der Waals surface area contributed by atoms with Gasteiger partial charge in [-0.15, -0.1) is 0 Å². The van der Waals surface area contributed by atoms with Crippen LogP contribution in [0.2, 0.25) is 0 Å². The summed E-state index contributed by atoms with van der Waals surface area (Å²) in [7, 11) is 4.13. The van der Waals surface area contributed by atoms with Gasteiger partial charge in [0.2, 0.25) is 0 Å². The van der Waals surface area contributed by atoms with Crippen LogP contribution in [0.1, 0.15) is 24.8 Å². The largest absolute Gasteiger partial charge is 0.378 e. The number of hydrogen-bond acceptors (Lipinski definition) is 2. The van der Waals surface area contributed by atoms with Crippen molar-refractivity contribution in [3.63, 3.8) is 0 Å². The molecule has 0 heterocycles. The molecule has 2 nitrogen and oxygen atoms in total. The molecule has 0 bridgehead atoms. The molecule has 82 valence electrons. The highest BCUT2D eigenvalue weighted by molar-refractivity contribution is 5.47. The van der Waals surface area contributed by atoms with Crippen molar-refractivity contribution in [2.24, 2.45) is 11.7 Å². The molecule has 3 atom stereocenters. The van der Waals surface area contributed by atoms with Gasteiger partial charge >= 0.3 is 0 Å². The Hall–Kier alpha value is -1.02. The summed E-state index contributed by atoms with van der Waals surface area (Å²) in [4.78, 5) is 2.12. The molecule has 1 aliphatic carbocycles. The molecule has 0 aliphatic heterocycles. The second-order valence-corrected chi connectivity index (χ2v) is 4.85. The van der Waals surface area contributed by atoms with Crippen LogP contribution in [0.3, 0.4) is 0 Å². The van der Waals surface area contributed by atoms with Crippen LogP contribution in [0.4, 0.5) is 5.69 Å². The van der Waals surface area contributed by atoms with Gasteiger partial charge in [-0.2, -0.15) is 0 Å². The zero-order chi connectivity index (χ0) is 11.0. The van der Waals surface area contributed by atoms with Gasteiger partial charge in [-0.3, -0.25) is 0 Å². The van der Waals surface area contributed by atoms with Gasteiger partial charge in [-0.1, -0.05) is 12.1 Å². The second-order valence-electron chi connectivity index (χ2n) is 4.85. The Morgan fingerprint density at radius 1 is 1.27 bits per heavy atom. The third-order valence-electron chi connectivity index (χ3n) is 3.35. The van der Waals surface area contributed by atoms with Crippen LogP contribution >= 0.6 is 0 Å². The van der Waals surface area contributed by atoms with E-state index in [9.17, 15) is 0 Å². The van der Waals surface area contributed by atoms with E-state index in [0.717, 1.165) is 0 Å². The monoisotopic (exact) mass is 204 g/mol. The zero-order valence-electron chi connectivity index (χ0n) is 9.77. The molecular formula is C13H20N2. The van der Waals surface area contributed by atoms with Crippen molar-refractivity contribution in [1.82, 2.24) is 0 Å². The third kappa shape index (κ3) is 2.15. The van der Waals surface area contributed by atoms with E-state index in [-0.39, 0.29) is 0 Å². The molecule has 2 rings (SSSR count). The molecule has 0 aromatic heterocycles. The van der Waals surface area contributed by atoms with Crippen LogP contribution in [0.5, 0.6) is 0 Å². The van der Waals surface area contributed by atoms with E-state index in [2.05, 4.69) is 50.2 Å². The maximum atomic E-state index is 5.90. The van der Waals surface area contributed by atoms with Crippen molar-refractivity contribution in [2.75, 3.05) is 19.0 Å². The molecule has 0 unspecified atom stereocenters. The lowest BCUT2D eigenvalue weighted by Crippen LogP contribution is -2.17. The van der Waals surface area contributed by atoms with Crippen LogP contribution in [0, 0.1) is 5.92 Å². The molecule has 0 spiro atoms. The molecular weight excluding hydrogens is 184 g/mol. The number of nitrogens with zero attached hydrogens (tertiary/aromatic N) is 1. The maximum absolute atomic E-state index is 5.90. The van der Waals surface area contributed by atoms with Gasteiger partial charge in [-0.25, -0.2) is 0 Å². The first kappa shape index (κ1) is 10.5. The quantitative estimate of drug-likeness (QED) is 0.818. The standard InChI is InChI=1S/C13H20N2/c1-9(14)12-8-13(12)10-4-6-11(7-5-10)15(2)3/h4-7,9,12-13H,8,14H2,1-3H3/t9-,12+,13+/m0/s1. The summed E-state index contributed by atoms with van der Waals surface area (Å²) in [6.07, 6.45) is 1.26. The minimum Gasteiger partial charge on any atom is -0.378 e. The lowest BCUT2D eigenvalue weighted by Gasteiger charge is -2.12. The lowest BCUT2D eigenvalue weighted by atomic mass is 10.1. The molecule has 1 aliphatic rings. The topological polar surface area (TPSA) is 29.3 Å². The minimum absolute atomic E-state index is 0.337. The predicted molar refractivity (Wildman–Crippen MR) is 65.3 cm³/mol. The van der Waals surface area contributed by atoms with Crippen LogP contribution in [0.25, 0.3) is 0 Å².